The van der Waals surface area contributed by atoms with Crippen LogP contribution in [0.1, 0.15) is 51.9 Å². The molecule has 0 aromatic carbocycles. The van der Waals surface area contributed by atoms with Crippen LogP contribution >= 0.6 is 0 Å². The molecule has 1 aliphatic heterocycles. The van der Waals surface area contributed by atoms with Gasteiger partial charge in [-0.2, -0.15) is 0 Å². The molecule has 0 spiro atoms. The van der Waals surface area contributed by atoms with Crippen molar-refractivity contribution in [2.45, 2.75) is 70.0 Å². The summed E-state index contributed by atoms with van der Waals surface area (Å²) in [5.74, 6) is 0.428. The van der Waals surface area contributed by atoms with Crippen molar-refractivity contribution in [3.05, 3.63) is 0 Å². The topological polar surface area (TPSA) is 67.2 Å². The fourth-order valence-corrected chi connectivity index (χ4v) is 3.50. The number of carbonyl (C=O) groups is 1. The first-order valence-electron chi connectivity index (χ1n) is 7.47. The molecule has 4 heteroatoms. The zero-order chi connectivity index (χ0) is 13.0. The molecule has 2 fully saturated rings. The van der Waals surface area contributed by atoms with Crippen LogP contribution in [0.2, 0.25) is 0 Å². The van der Waals surface area contributed by atoms with Gasteiger partial charge >= 0.3 is 0 Å². The number of piperidine rings is 1. The van der Waals surface area contributed by atoms with E-state index < -0.39 is 0 Å². The molecule has 1 amide bonds. The Labute approximate surface area is 110 Å². The molecule has 1 aliphatic carbocycles. The fourth-order valence-electron chi connectivity index (χ4n) is 3.50. The van der Waals surface area contributed by atoms with Gasteiger partial charge in [-0.1, -0.05) is 19.3 Å². The summed E-state index contributed by atoms with van der Waals surface area (Å²) in [7, 11) is 0. The summed E-state index contributed by atoms with van der Waals surface area (Å²) in [6.07, 6.45) is 8.98. The average Bonchev–Trinajstić information content (AvgIpc) is 2.40. The number of nitrogens with one attached hydrogen (secondary N) is 2. The second kappa shape index (κ2) is 6.53. The lowest BCUT2D eigenvalue weighted by Gasteiger charge is -2.40. The number of primary amides is 1. The van der Waals surface area contributed by atoms with Gasteiger partial charge in [-0.15, -0.1) is 0 Å². The minimum atomic E-state index is -0.240. The van der Waals surface area contributed by atoms with Crippen LogP contribution in [0.15, 0.2) is 0 Å². The van der Waals surface area contributed by atoms with Crippen molar-refractivity contribution >= 4 is 5.91 Å². The average molecular weight is 253 g/mol. The van der Waals surface area contributed by atoms with Gasteiger partial charge in [0.2, 0.25) is 5.91 Å². The molecule has 104 valence electrons. The largest absolute Gasteiger partial charge is 0.368 e. The molecule has 0 bridgehead atoms. The van der Waals surface area contributed by atoms with Crippen molar-refractivity contribution in [1.82, 2.24) is 10.6 Å². The van der Waals surface area contributed by atoms with Gasteiger partial charge in [-0.05, 0) is 45.1 Å². The normalized spacial score (nSPS) is 35.1. The monoisotopic (exact) mass is 253 g/mol. The first-order chi connectivity index (χ1) is 8.68. The minimum Gasteiger partial charge on any atom is -0.368 e. The number of nitrogens with two attached hydrogens (primary N) is 1. The van der Waals surface area contributed by atoms with Gasteiger partial charge in [0.05, 0.1) is 6.04 Å². The van der Waals surface area contributed by atoms with Gasteiger partial charge < -0.3 is 16.4 Å². The molecule has 4 unspecified atom stereocenters. The minimum absolute atomic E-state index is 0.209. The number of hydrogen-bond donors (Lipinski definition) is 3. The summed E-state index contributed by atoms with van der Waals surface area (Å²) < 4.78 is 0. The van der Waals surface area contributed by atoms with Gasteiger partial charge in [0.15, 0.2) is 0 Å². The Hall–Kier alpha value is -0.610. The zero-order valence-corrected chi connectivity index (χ0v) is 11.5. The summed E-state index contributed by atoms with van der Waals surface area (Å²) in [6, 6.07) is 0.882. The Bertz CT molecular complexity index is 276. The van der Waals surface area contributed by atoms with Crippen LogP contribution in [0.4, 0.5) is 0 Å². The maximum absolute atomic E-state index is 11.2. The van der Waals surface area contributed by atoms with Crippen LogP contribution < -0.4 is 16.4 Å². The Morgan fingerprint density at radius 3 is 2.61 bits per heavy atom. The molecule has 0 radical (unpaired) electrons. The van der Waals surface area contributed by atoms with Crippen molar-refractivity contribution in [3.8, 4) is 0 Å². The Morgan fingerprint density at radius 2 is 1.94 bits per heavy atom. The Kier molecular flexibility index (Phi) is 5.01. The van der Waals surface area contributed by atoms with Crippen LogP contribution in [0, 0.1) is 5.92 Å². The van der Waals surface area contributed by atoms with E-state index in [9.17, 15) is 4.79 Å². The van der Waals surface area contributed by atoms with E-state index >= 15 is 0 Å². The van der Waals surface area contributed by atoms with Crippen LogP contribution in [-0.4, -0.2) is 30.6 Å². The Morgan fingerprint density at radius 1 is 1.22 bits per heavy atom. The third-order valence-electron chi connectivity index (χ3n) is 4.58. The highest BCUT2D eigenvalue weighted by Crippen LogP contribution is 2.30. The van der Waals surface area contributed by atoms with E-state index in [1.165, 1.54) is 44.9 Å². The van der Waals surface area contributed by atoms with E-state index in [-0.39, 0.29) is 11.9 Å². The zero-order valence-electron chi connectivity index (χ0n) is 11.5. The summed E-state index contributed by atoms with van der Waals surface area (Å²) in [5, 5.41) is 7.12. The van der Waals surface area contributed by atoms with Crippen LogP contribution in [-0.2, 0) is 4.79 Å². The van der Waals surface area contributed by atoms with Gasteiger partial charge in [0.1, 0.15) is 0 Å². The lowest BCUT2D eigenvalue weighted by atomic mass is 9.77. The smallest absolute Gasteiger partial charge is 0.234 e. The van der Waals surface area contributed by atoms with Crippen molar-refractivity contribution in [3.63, 3.8) is 0 Å². The van der Waals surface area contributed by atoms with E-state index in [1.807, 2.05) is 6.92 Å². The highest BCUT2D eigenvalue weighted by Gasteiger charge is 2.33. The summed E-state index contributed by atoms with van der Waals surface area (Å²) in [6.45, 7) is 3.03. The number of rotatable bonds is 4. The SMILES string of the molecule is CC(NC1CCCCC1C1CCCCN1)C(N)=O. The molecule has 2 aliphatic rings. The van der Waals surface area contributed by atoms with E-state index in [1.54, 1.807) is 0 Å². The van der Waals surface area contributed by atoms with Crippen molar-refractivity contribution < 1.29 is 4.79 Å². The predicted octanol–water partition coefficient (Wildman–Crippen LogP) is 1.15. The maximum Gasteiger partial charge on any atom is 0.234 e. The molecule has 1 saturated carbocycles. The van der Waals surface area contributed by atoms with Crippen molar-refractivity contribution in [2.24, 2.45) is 11.7 Å². The number of amides is 1. The quantitative estimate of drug-likeness (QED) is 0.704. The third kappa shape index (κ3) is 3.45. The van der Waals surface area contributed by atoms with Gasteiger partial charge in [-0.25, -0.2) is 0 Å². The van der Waals surface area contributed by atoms with E-state index in [0.717, 1.165) is 6.54 Å². The molecular formula is C14H27N3O. The second-order valence-electron chi connectivity index (χ2n) is 5.90. The van der Waals surface area contributed by atoms with E-state index in [2.05, 4.69) is 10.6 Å². The van der Waals surface area contributed by atoms with Gasteiger partial charge in [0, 0.05) is 12.1 Å². The number of carbonyl (C=O) groups excluding carboxylic acids is 1. The standard InChI is InChI=1S/C14H27N3O/c1-10(14(15)18)17-13-8-3-2-6-11(13)12-7-4-5-9-16-12/h10-13,16-17H,2-9H2,1H3,(H2,15,18). The summed E-state index contributed by atoms with van der Waals surface area (Å²) in [5.41, 5.74) is 5.36. The second-order valence-corrected chi connectivity index (χ2v) is 5.90. The van der Waals surface area contributed by atoms with Crippen molar-refractivity contribution in [1.29, 1.82) is 0 Å². The lowest BCUT2D eigenvalue weighted by molar-refractivity contribution is -0.120. The lowest BCUT2D eigenvalue weighted by Crippen LogP contribution is -2.54. The highest BCUT2D eigenvalue weighted by molar-refractivity contribution is 5.79. The van der Waals surface area contributed by atoms with Crippen LogP contribution in [0.3, 0.4) is 0 Å². The van der Waals surface area contributed by atoms with Gasteiger partial charge in [0.25, 0.3) is 0 Å². The molecule has 1 saturated heterocycles. The molecule has 1 heterocycles. The number of hydrogen-bond acceptors (Lipinski definition) is 3. The van der Waals surface area contributed by atoms with E-state index in [4.69, 9.17) is 5.73 Å². The maximum atomic E-state index is 11.2. The van der Waals surface area contributed by atoms with Crippen molar-refractivity contribution in [2.75, 3.05) is 6.54 Å². The summed E-state index contributed by atoms with van der Waals surface area (Å²) >= 11 is 0. The third-order valence-corrected chi connectivity index (χ3v) is 4.58. The van der Waals surface area contributed by atoms with E-state index in [0.29, 0.717) is 18.0 Å². The fraction of sp³-hybridized carbons (Fsp3) is 0.929. The molecule has 4 N–H and O–H groups in total. The molecular weight excluding hydrogens is 226 g/mol. The summed E-state index contributed by atoms with van der Waals surface area (Å²) in [4.78, 5) is 11.2. The molecule has 0 aromatic heterocycles. The predicted molar refractivity (Wildman–Crippen MR) is 73.2 cm³/mol. The molecule has 18 heavy (non-hydrogen) atoms. The molecule has 4 atom stereocenters. The first kappa shape index (κ1) is 13.8. The van der Waals surface area contributed by atoms with Gasteiger partial charge in [-0.3, -0.25) is 4.79 Å². The molecule has 2 rings (SSSR count). The Balaban J connectivity index is 1.94. The van der Waals surface area contributed by atoms with Crippen LogP contribution in [0.5, 0.6) is 0 Å². The first-order valence-corrected chi connectivity index (χ1v) is 7.47. The highest BCUT2D eigenvalue weighted by atomic mass is 16.1. The van der Waals surface area contributed by atoms with Crippen LogP contribution in [0.25, 0.3) is 0 Å². The molecule has 0 aromatic rings. The molecule has 4 nitrogen and oxygen atoms in total.